The Morgan fingerprint density at radius 3 is 2.50 bits per heavy atom. The minimum absolute atomic E-state index is 0.326. The van der Waals surface area contributed by atoms with Gasteiger partial charge in [0.2, 0.25) is 0 Å². The van der Waals surface area contributed by atoms with E-state index in [1.54, 1.807) is 22.9 Å². The molecular weight excluding hydrogens is 355 g/mol. The number of rotatable bonds is 3. The number of benzene rings is 2. The third kappa shape index (κ3) is 3.24. The lowest BCUT2D eigenvalue weighted by Crippen LogP contribution is -2.13. The van der Waals surface area contributed by atoms with Crippen LogP contribution in [0.1, 0.15) is 27.3 Å². The van der Waals surface area contributed by atoms with E-state index in [4.69, 9.17) is 0 Å². The molecule has 0 radical (unpaired) electrons. The minimum Gasteiger partial charge on any atom is -0.322 e. The first kappa shape index (κ1) is 17.9. The average molecular weight is 374 g/mol. The molecule has 2 aromatic heterocycles. The number of amides is 1. The molecule has 1 amide bonds. The summed E-state index contributed by atoms with van der Waals surface area (Å²) in [6.07, 6.45) is 0. The lowest BCUT2D eigenvalue weighted by molar-refractivity contribution is 0.102. The Hall–Kier alpha value is -3.54. The molecule has 0 unspecified atom stereocenters. The van der Waals surface area contributed by atoms with Crippen molar-refractivity contribution in [3.05, 3.63) is 82.9 Å². The second kappa shape index (κ2) is 6.88. The van der Waals surface area contributed by atoms with E-state index in [1.165, 1.54) is 12.1 Å². The van der Waals surface area contributed by atoms with Crippen molar-refractivity contribution in [1.82, 2.24) is 14.8 Å². The SMILES string of the molecule is Cc1ccc(-n2nc(C)c3c(C(=O)Nc4cccc(F)c4)cc(C)nc32)cc1. The Morgan fingerprint density at radius 2 is 1.79 bits per heavy atom. The van der Waals surface area contributed by atoms with Gasteiger partial charge in [0.25, 0.3) is 5.91 Å². The van der Waals surface area contributed by atoms with E-state index in [9.17, 15) is 9.18 Å². The summed E-state index contributed by atoms with van der Waals surface area (Å²) in [5.41, 5.74) is 4.90. The maximum Gasteiger partial charge on any atom is 0.256 e. The second-order valence-corrected chi connectivity index (χ2v) is 6.81. The summed E-state index contributed by atoms with van der Waals surface area (Å²) in [5, 5.41) is 8.05. The molecule has 0 aliphatic heterocycles. The number of carbonyl (C=O) groups excluding carboxylic acids is 1. The van der Waals surface area contributed by atoms with Crippen LogP contribution in [0.5, 0.6) is 0 Å². The molecule has 0 fully saturated rings. The molecule has 4 rings (SSSR count). The lowest BCUT2D eigenvalue weighted by atomic mass is 10.1. The fourth-order valence-electron chi connectivity index (χ4n) is 3.22. The van der Waals surface area contributed by atoms with Gasteiger partial charge < -0.3 is 5.32 Å². The van der Waals surface area contributed by atoms with Crippen LogP contribution in [-0.4, -0.2) is 20.7 Å². The van der Waals surface area contributed by atoms with Crippen LogP contribution in [0.15, 0.2) is 54.6 Å². The molecule has 0 saturated carbocycles. The number of hydrogen-bond acceptors (Lipinski definition) is 3. The first-order valence-electron chi connectivity index (χ1n) is 8.93. The van der Waals surface area contributed by atoms with E-state index in [0.717, 1.165) is 11.3 Å². The van der Waals surface area contributed by atoms with Crippen molar-refractivity contribution < 1.29 is 9.18 Å². The second-order valence-electron chi connectivity index (χ2n) is 6.81. The van der Waals surface area contributed by atoms with Crippen molar-refractivity contribution in [3.8, 4) is 5.69 Å². The summed E-state index contributed by atoms with van der Waals surface area (Å²) < 4.78 is 15.2. The molecule has 0 aliphatic rings. The van der Waals surface area contributed by atoms with E-state index in [-0.39, 0.29) is 5.91 Å². The molecule has 0 aliphatic carbocycles. The number of hydrogen-bond donors (Lipinski definition) is 1. The third-order valence-electron chi connectivity index (χ3n) is 4.55. The molecule has 1 N–H and O–H groups in total. The highest BCUT2D eigenvalue weighted by Gasteiger charge is 2.19. The summed E-state index contributed by atoms with van der Waals surface area (Å²) in [6.45, 7) is 5.71. The molecule has 2 heterocycles. The van der Waals surface area contributed by atoms with Crippen LogP contribution in [0, 0.1) is 26.6 Å². The molecule has 0 bridgehead atoms. The monoisotopic (exact) mass is 374 g/mol. The van der Waals surface area contributed by atoms with Crippen molar-refractivity contribution in [2.75, 3.05) is 5.32 Å². The van der Waals surface area contributed by atoms with E-state index in [2.05, 4.69) is 15.4 Å². The molecule has 4 aromatic rings. The number of nitrogens with zero attached hydrogens (tertiary/aromatic N) is 3. The van der Waals surface area contributed by atoms with Gasteiger partial charge in [-0.1, -0.05) is 23.8 Å². The van der Waals surface area contributed by atoms with Crippen LogP contribution in [0.4, 0.5) is 10.1 Å². The first-order chi connectivity index (χ1) is 13.4. The fraction of sp³-hybridized carbons (Fsp3) is 0.136. The molecular formula is C22H19FN4O. The summed E-state index contributed by atoms with van der Waals surface area (Å²) in [6, 6.07) is 15.5. The van der Waals surface area contributed by atoms with E-state index < -0.39 is 5.82 Å². The topological polar surface area (TPSA) is 59.8 Å². The van der Waals surface area contributed by atoms with Crippen LogP contribution in [0.25, 0.3) is 16.7 Å². The lowest BCUT2D eigenvalue weighted by Gasteiger charge is -2.09. The predicted octanol–water partition coefficient (Wildman–Crippen LogP) is 4.74. The number of nitrogens with one attached hydrogen (secondary N) is 1. The van der Waals surface area contributed by atoms with E-state index in [1.807, 2.05) is 45.0 Å². The van der Waals surface area contributed by atoms with Crippen molar-refractivity contribution in [3.63, 3.8) is 0 Å². The van der Waals surface area contributed by atoms with Crippen LogP contribution >= 0.6 is 0 Å². The van der Waals surface area contributed by atoms with Crippen molar-refractivity contribution in [1.29, 1.82) is 0 Å². The number of fused-ring (bicyclic) bond motifs is 1. The standard InChI is InChI=1S/C22H19FN4O/c1-13-7-9-18(10-8-13)27-21-20(15(3)26-27)19(11-14(2)24-21)22(28)25-17-6-4-5-16(23)12-17/h4-12H,1-3H3,(H,25,28). The molecule has 0 spiro atoms. The molecule has 0 saturated heterocycles. The van der Waals surface area contributed by atoms with Crippen LogP contribution in [0.3, 0.4) is 0 Å². The fourth-order valence-corrected chi connectivity index (χ4v) is 3.22. The molecule has 0 atom stereocenters. The maximum absolute atomic E-state index is 13.4. The van der Waals surface area contributed by atoms with E-state index in [0.29, 0.717) is 33.7 Å². The minimum atomic E-state index is -0.405. The van der Waals surface area contributed by atoms with Gasteiger partial charge in [0, 0.05) is 11.4 Å². The number of carbonyl (C=O) groups is 1. The van der Waals surface area contributed by atoms with Gasteiger partial charge in [0.1, 0.15) is 5.82 Å². The molecule has 5 nitrogen and oxygen atoms in total. The summed E-state index contributed by atoms with van der Waals surface area (Å²) in [5.74, 6) is -0.732. The summed E-state index contributed by atoms with van der Waals surface area (Å²) in [4.78, 5) is 17.6. The van der Waals surface area contributed by atoms with Crippen LogP contribution < -0.4 is 5.32 Å². The number of pyridine rings is 1. The van der Waals surface area contributed by atoms with Gasteiger partial charge in [-0.25, -0.2) is 14.1 Å². The normalized spacial score (nSPS) is 11.0. The van der Waals surface area contributed by atoms with Crippen LogP contribution in [0.2, 0.25) is 0 Å². The first-order valence-corrected chi connectivity index (χ1v) is 8.93. The van der Waals surface area contributed by atoms with Gasteiger partial charge in [0.05, 0.1) is 22.3 Å². The average Bonchev–Trinajstić information content (AvgIpc) is 2.98. The van der Waals surface area contributed by atoms with Crippen LogP contribution in [-0.2, 0) is 0 Å². The molecule has 2 aromatic carbocycles. The predicted molar refractivity (Wildman–Crippen MR) is 107 cm³/mol. The van der Waals surface area contributed by atoms with Gasteiger partial charge in [-0.05, 0) is 57.2 Å². The highest BCUT2D eigenvalue weighted by Crippen LogP contribution is 2.26. The number of aromatic nitrogens is 3. The number of anilines is 1. The zero-order chi connectivity index (χ0) is 19.8. The maximum atomic E-state index is 13.4. The molecule has 28 heavy (non-hydrogen) atoms. The highest BCUT2D eigenvalue weighted by molar-refractivity contribution is 6.12. The Labute approximate surface area is 161 Å². The van der Waals surface area contributed by atoms with Crippen molar-refractivity contribution in [2.45, 2.75) is 20.8 Å². The smallest absolute Gasteiger partial charge is 0.256 e. The summed E-state index contributed by atoms with van der Waals surface area (Å²) in [7, 11) is 0. The quantitative estimate of drug-likeness (QED) is 0.564. The Bertz CT molecular complexity index is 1200. The number of aryl methyl sites for hydroxylation is 3. The Balaban J connectivity index is 1.83. The molecule has 140 valence electrons. The van der Waals surface area contributed by atoms with Gasteiger partial charge in [-0.2, -0.15) is 5.10 Å². The molecule has 6 heteroatoms. The third-order valence-corrected chi connectivity index (χ3v) is 4.55. The zero-order valence-electron chi connectivity index (χ0n) is 15.8. The Morgan fingerprint density at radius 1 is 1.04 bits per heavy atom. The Kier molecular flexibility index (Phi) is 4.39. The van der Waals surface area contributed by atoms with E-state index >= 15 is 0 Å². The number of halogens is 1. The zero-order valence-corrected chi connectivity index (χ0v) is 15.8. The van der Waals surface area contributed by atoms with Crippen molar-refractivity contribution >= 4 is 22.6 Å². The van der Waals surface area contributed by atoms with Crippen molar-refractivity contribution in [2.24, 2.45) is 0 Å². The van der Waals surface area contributed by atoms with Gasteiger partial charge in [0.15, 0.2) is 5.65 Å². The largest absolute Gasteiger partial charge is 0.322 e. The summed E-state index contributed by atoms with van der Waals surface area (Å²) >= 11 is 0. The van der Waals surface area contributed by atoms with Gasteiger partial charge in [-0.15, -0.1) is 0 Å². The van der Waals surface area contributed by atoms with Gasteiger partial charge >= 0.3 is 0 Å². The highest BCUT2D eigenvalue weighted by atomic mass is 19.1. The van der Waals surface area contributed by atoms with Gasteiger partial charge in [-0.3, -0.25) is 4.79 Å².